The number of fused-ring (bicyclic) bond motifs is 1. The normalized spacial score (nSPS) is 10.9. The van der Waals surface area contributed by atoms with Crippen molar-refractivity contribution in [2.45, 2.75) is 6.92 Å². The summed E-state index contributed by atoms with van der Waals surface area (Å²) in [6.45, 7) is 1.95. The van der Waals surface area contributed by atoms with Gasteiger partial charge in [-0.05, 0) is 42.8 Å². The van der Waals surface area contributed by atoms with Crippen LogP contribution < -0.4 is 4.74 Å². The summed E-state index contributed by atoms with van der Waals surface area (Å²) in [6.07, 6.45) is 0. The molecule has 1 N–H and O–H groups in total. The number of carboxylic acid groups (broad SMARTS) is 1. The van der Waals surface area contributed by atoms with Gasteiger partial charge in [-0.15, -0.1) is 0 Å². The number of nitrogens with zero attached hydrogens (tertiary/aromatic N) is 1. The Morgan fingerprint density at radius 2 is 1.73 bits per heavy atom. The van der Waals surface area contributed by atoms with E-state index in [1.165, 1.54) is 18.2 Å². The van der Waals surface area contributed by atoms with Gasteiger partial charge in [-0.2, -0.15) is 0 Å². The van der Waals surface area contributed by atoms with Crippen molar-refractivity contribution in [1.82, 2.24) is 4.98 Å². The average Bonchev–Trinajstić information content (AvgIpc) is 2.75. The largest absolute Gasteiger partial charge is 0.490 e. The molecule has 0 atom stereocenters. The molecule has 1 aromatic heterocycles. The minimum absolute atomic E-state index is 0.0100. The van der Waals surface area contributed by atoms with Crippen molar-refractivity contribution in [2.24, 2.45) is 0 Å². The Morgan fingerprint density at radius 3 is 2.43 bits per heavy atom. The zero-order valence-electron chi connectivity index (χ0n) is 16.0. The molecule has 0 aliphatic rings. The lowest BCUT2D eigenvalue weighted by Gasteiger charge is -2.15. The maximum atomic E-state index is 15.4. The minimum atomic E-state index is -1.23. The highest BCUT2D eigenvalue weighted by atomic mass is 19.1. The van der Waals surface area contributed by atoms with Crippen LogP contribution in [0.2, 0.25) is 0 Å². The molecule has 4 nitrogen and oxygen atoms in total. The Balaban J connectivity index is 1.96. The van der Waals surface area contributed by atoms with Crippen LogP contribution in [0.4, 0.5) is 8.78 Å². The Morgan fingerprint density at radius 1 is 1.00 bits per heavy atom. The van der Waals surface area contributed by atoms with Gasteiger partial charge in [0.25, 0.3) is 0 Å². The van der Waals surface area contributed by atoms with Crippen LogP contribution in [0.1, 0.15) is 17.3 Å². The summed E-state index contributed by atoms with van der Waals surface area (Å²) >= 11 is 0. The van der Waals surface area contributed by atoms with Crippen molar-refractivity contribution in [3.05, 3.63) is 83.9 Å². The van der Waals surface area contributed by atoms with Crippen LogP contribution in [0.15, 0.2) is 66.7 Å². The second kappa shape index (κ2) is 7.91. The number of benzene rings is 3. The predicted octanol–water partition coefficient (Wildman–Crippen LogP) is 5.94. The van der Waals surface area contributed by atoms with Gasteiger partial charge in [-0.3, -0.25) is 0 Å². The van der Waals surface area contributed by atoms with Gasteiger partial charge in [0.2, 0.25) is 0 Å². The molecule has 0 spiro atoms. The Bertz CT molecular complexity index is 1260. The van der Waals surface area contributed by atoms with E-state index in [1.54, 1.807) is 31.2 Å². The van der Waals surface area contributed by atoms with Crippen LogP contribution in [0.25, 0.3) is 33.3 Å². The summed E-state index contributed by atoms with van der Waals surface area (Å²) < 4.78 is 34.6. The molecular weight excluding hydrogens is 388 g/mol. The topological polar surface area (TPSA) is 59.4 Å². The maximum Gasteiger partial charge on any atom is 0.336 e. The molecule has 0 radical (unpaired) electrons. The molecule has 0 fully saturated rings. The number of aromatic nitrogens is 1. The lowest BCUT2D eigenvalue weighted by molar-refractivity contribution is 0.0699. The zero-order chi connectivity index (χ0) is 21.3. The molecule has 0 saturated carbocycles. The van der Waals surface area contributed by atoms with Crippen molar-refractivity contribution in [3.63, 3.8) is 0 Å². The molecule has 0 saturated heterocycles. The summed E-state index contributed by atoms with van der Waals surface area (Å²) in [6, 6.07) is 17.3. The van der Waals surface area contributed by atoms with Gasteiger partial charge in [0.05, 0.1) is 23.4 Å². The summed E-state index contributed by atoms with van der Waals surface area (Å²) in [7, 11) is 0. The lowest BCUT2D eigenvalue weighted by atomic mass is 9.99. The predicted molar refractivity (Wildman–Crippen MR) is 111 cm³/mol. The number of hydrogen-bond acceptors (Lipinski definition) is 3. The molecule has 30 heavy (non-hydrogen) atoms. The van der Waals surface area contributed by atoms with Crippen molar-refractivity contribution in [2.75, 3.05) is 6.61 Å². The number of ether oxygens (including phenoxy) is 1. The van der Waals surface area contributed by atoms with Crippen molar-refractivity contribution >= 4 is 16.9 Å². The third kappa shape index (κ3) is 3.48. The first-order chi connectivity index (χ1) is 14.5. The van der Waals surface area contributed by atoms with E-state index in [2.05, 4.69) is 4.98 Å². The Hall–Kier alpha value is -3.80. The fraction of sp³-hybridized carbons (Fsp3) is 0.0833. The van der Waals surface area contributed by atoms with Gasteiger partial charge in [0, 0.05) is 16.5 Å². The summed E-state index contributed by atoms with van der Waals surface area (Å²) in [4.78, 5) is 16.2. The summed E-state index contributed by atoms with van der Waals surface area (Å²) in [5, 5.41) is 9.78. The van der Waals surface area contributed by atoms with E-state index in [1.807, 2.05) is 18.2 Å². The van der Waals surface area contributed by atoms with Gasteiger partial charge in [-0.1, -0.05) is 36.4 Å². The van der Waals surface area contributed by atoms with E-state index in [-0.39, 0.29) is 29.0 Å². The first-order valence-electron chi connectivity index (χ1n) is 9.34. The fourth-order valence-corrected chi connectivity index (χ4v) is 3.40. The average molecular weight is 405 g/mol. The summed E-state index contributed by atoms with van der Waals surface area (Å²) in [5.74, 6) is -2.36. The van der Waals surface area contributed by atoms with Crippen LogP contribution in [0.3, 0.4) is 0 Å². The molecule has 0 aliphatic heterocycles. The second-order valence-corrected chi connectivity index (χ2v) is 6.62. The Labute approximate surface area is 171 Å². The SMILES string of the molecule is CCOc1c(-c2cc(C(=O)O)c3cc(F)ccc3n2)ccc(-c2ccccc2)c1F. The third-order valence-corrected chi connectivity index (χ3v) is 4.75. The minimum Gasteiger partial charge on any atom is -0.490 e. The van der Waals surface area contributed by atoms with E-state index in [4.69, 9.17) is 4.74 Å². The highest BCUT2D eigenvalue weighted by Gasteiger charge is 2.20. The van der Waals surface area contributed by atoms with Gasteiger partial charge in [0.1, 0.15) is 5.82 Å². The summed E-state index contributed by atoms with van der Waals surface area (Å²) in [5.41, 5.74) is 1.78. The number of carbonyl (C=O) groups is 1. The number of pyridine rings is 1. The molecular formula is C24H17F2NO3. The van der Waals surface area contributed by atoms with Crippen LogP contribution in [0.5, 0.6) is 5.75 Å². The van der Waals surface area contributed by atoms with E-state index >= 15 is 4.39 Å². The van der Waals surface area contributed by atoms with Crippen molar-refractivity contribution in [1.29, 1.82) is 0 Å². The maximum absolute atomic E-state index is 15.4. The third-order valence-electron chi connectivity index (χ3n) is 4.75. The standard InChI is InChI=1S/C24H17F2NO3/c1-2-30-23-17(10-9-16(22(23)26)14-6-4-3-5-7-14)21-13-19(24(28)29)18-12-15(25)8-11-20(18)27-21/h3-13H,2H2,1H3,(H,28,29). The van der Waals surface area contributed by atoms with Crippen LogP contribution >= 0.6 is 0 Å². The number of halogens is 2. The number of hydrogen-bond donors (Lipinski definition) is 1. The molecule has 4 aromatic rings. The molecule has 0 bridgehead atoms. The number of aromatic carboxylic acids is 1. The Kier molecular flexibility index (Phi) is 5.14. The van der Waals surface area contributed by atoms with Gasteiger partial charge in [-0.25, -0.2) is 18.6 Å². The highest BCUT2D eigenvalue weighted by molar-refractivity contribution is 6.04. The van der Waals surface area contributed by atoms with Crippen LogP contribution in [-0.4, -0.2) is 22.7 Å². The molecule has 0 amide bonds. The number of rotatable bonds is 5. The fourth-order valence-electron chi connectivity index (χ4n) is 3.40. The second-order valence-electron chi connectivity index (χ2n) is 6.62. The van der Waals surface area contributed by atoms with Gasteiger partial charge < -0.3 is 9.84 Å². The van der Waals surface area contributed by atoms with E-state index in [0.717, 1.165) is 6.07 Å². The van der Waals surface area contributed by atoms with Crippen molar-refractivity contribution in [3.8, 4) is 28.1 Å². The smallest absolute Gasteiger partial charge is 0.336 e. The molecule has 0 aliphatic carbocycles. The molecule has 6 heteroatoms. The van der Waals surface area contributed by atoms with E-state index in [9.17, 15) is 14.3 Å². The molecule has 150 valence electrons. The first kappa shape index (κ1) is 19.5. The molecule has 4 rings (SSSR count). The van der Waals surface area contributed by atoms with Crippen molar-refractivity contribution < 1.29 is 23.4 Å². The highest BCUT2D eigenvalue weighted by Crippen LogP contribution is 2.38. The van der Waals surface area contributed by atoms with Gasteiger partial charge >= 0.3 is 5.97 Å². The van der Waals surface area contributed by atoms with E-state index < -0.39 is 17.6 Å². The van der Waals surface area contributed by atoms with E-state index in [0.29, 0.717) is 22.2 Å². The first-order valence-corrected chi connectivity index (χ1v) is 9.34. The van der Waals surface area contributed by atoms with Gasteiger partial charge in [0.15, 0.2) is 11.6 Å². The van der Waals surface area contributed by atoms with Crippen LogP contribution in [0, 0.1) is 11.6 Å². The lowest BCUT2D eigenvalue weighted by Crippen LogP contribution is -2.03. The molecule has 0 unspecified atom stereocenters. The molecule has 1 heterocycles. The number of carboxylic acids is 1. The zero-order valence-corrected chi connectivity index (χ0v) is 16.0. The quantitative estimate of drug-likeness (QED) is 0.446. The molecule has 3 aromatic carbocycles. The monoisotopic (exact) mass is 405 g/mol. The van der Waals surface area contributed by atoms with Crippen LogP contribution in [-0.2, 0) is 0 Å².